The SMILES string of the molecule is CC(Sc1nnc(-c2ccc(Cl)cc2)o1)C(=O)N(c1ccccc1)c1ccccc1. The molecule has 1 amide bonds. The van der Waals surface area contributed by atoms with Crippen LogP contribution in [0, 0.1) is 0 Å². The Hall–Kier alpha value is -3.09. The van der Waals surface area contributed by atoms with Gasteiger partial charge in [0.2, 0.25) is 11.8 Å². The van der Waals surface area contributed by atoms with E-state index in [9.17, 15) is 4.79 Å². The Morgan fingerprint density at radius 3 is 2.03 bits per heavy atom. The van der Waals surface area contributed by atoms with Crippen molar-refractivity contribution in [3.63, 3.8) is 0 Å². The molecule has 0 aliphatic rings. The van der Waals surface area contributed by atoms with E-state index in [1.807, 2.05) is 79.7 Å². The second-order valence-electron chi connectivity index (χ2n) is 6.48. The van der Waals surface area contributed by atoms with Crippen molar-refractivity contribution < 1.29 is 9.21 Å². The molecule has 3 aromatic carbocycles. The van der Waals surface area contributed by atoms with Crippen LogP contribution in [0.2, 0.25) is 5.02 Å². The van der Waals surface area contributed by atoms with Crippen molar-refractivity contribution in [2.45, 2.75) is 17.4 Å². The standard InChI is InChI=1S/C23H18ClN3O2S/c1-16(30-23-26-25-21(29-23)17-12-14-18(24)15-13-17)22(28)27(19-8-4-2-5-9-19)20-10-6-3-7-11-20/h2-16H,1H3. The molecule has 0 saturated carbocycles. The van der Waals surface area contributed by atoms with Gasteiger partial charge < -0.3 is 4.42 Å². The quantitative estimate of drug-likeness (QED) is 0.336. The molecule has 5 nitrogen and oxygen atoms in total. The summed E-state index contributed by atoms with van der Waals surface area (Å²) < 4.78 is 5.75. The molecule has 4 aromatic rings. The van der Waals surface area contributed by atoms with Gasteiger partial charge in [0, 0.05) is 22.0 Å². The van der Waals surface area contributed by atoms with Crippen LogP contribution in [0.4, 0.5) is 11.4 Å². The van der Waals surface area contributed by atoms with Crippen molar-refractivity contribution in [1.29, 1.82) is 0 Å². The summed E-state index contributed by atoms with van der Waals surface area (Å²) in [7, 11) is 0. The molecule has 1 heterocycles. The van der Waals surface area contributed by atoms with Crippen LogP contribution in [0.15, 0.2) is 94.6 Å². The van der Waals surface area contributed by atoms with Crippen molar-refractivity contribution in [3.05, 3.63) is 90.0 Å². The van der Waals surface area contributed by atoms with Crippen LogP contribution in [0.1, 0.15) is 6.92 Å². The highest BCUT2D eigenvalue weighted by molar-refractivity contribution is 8.00. The Balaban J connectivity index is 1.55. The minimum atomic E-state index is -0.441. The fraction of sp³-hybridized carbons (Fsp3) is 0.0870. The minimum Gasteiger partial charge on any atom is -0.411 e. The van der Waals surface area contributed by atoms with Gasteiger partial charge in [-0.15, -0.1) is 10.2 Å². The van der Waals surface area contributed by atoms with E-state index >= 15 is 0 Å². The van der Waals surface area contributed by atoms with Gasteiger partial charge in [0.25, 0.3) is 5.22 Å². The highest BCUT2D eigenvalue weighted by Gasteiger charge is 2.26. The number of nitrogens with zero attached hydrogens (tertiary/aromatic N) is 3. The lowest BCUT2D eigenvalue weighted by Crippen LogP contribution is -2.32. The van der Waals surface area contributed by atoms with Crippen LogP contribution in [0.5, 0.6) is 0 Å². The third-order valence-electron chi connectivity index (χ3n) is 4.37. The highest BCUT2D eigenvalue weighted by atomic mass is 35.5. The molecular formula is C23H18ClN3O2S. The summed E-state index contributed by atoms with van der Waals surface area (Å²) in [6, 6.07) is 26.3. The molecule has 1 unspecified atom stereocenters. The molecule has 150 valence electrons. The van der Waals surface area contributed by atoms with Gasteiger partial charge in [-0.2, -0.15) is 0 Å². The number of thioether (sulfide) groups is 1. The molecule has 7 heteroatoms. The number of hydrogen-bond acceptors (Lipinski definition) is 5. The molecular weight excluding hydrogens is 418 g/mol. The van der Waals surface area contributed by atoms with Gasteiger partial charge in [0.15, 0.2) is 0 Å². The Kier molecular flexibility index (Phi) is 6.16. The van der Waals surface area contributed by atoms with Gasteiger partial charge in [0.1, 0.15) is 0 Å². The largest absolute Gasteiger partial charge is 0.411 e. The van der Waals surface area contributed by atoms with E-state index in [0.717, 1.165) is 16.9 Å². The van der Waals surface area contributed by atoms with Gasteiger partial charge in [-0.1, -0.05) is 59.8 Å². The number of aromatic nitrogens is 2. The van der Waals surface area contributed by atoms with Gasteiger partial charge in [-0.3, -0.25) is 9.69 Å². The molecule has 0 spiro atoms. The predicted molar refractivity (Wildman–Crippen MR) is 120 cm³/mol. The summed E-state index contributed by atoms with van der Waals surface area (Å²) in [5.74, 6) is 0.306. The van der Waals surface area contributed by atoms with E-state index in [4.69, 9.17) is 16.0 Å². The monoisotopic (exact) mass is 435 g/mol. The van der Waals surface area contributed by atoms with E-state index in [1.165, 1.54) is 11.8 Å². The first-order valence-corrected chi connectivity index (χ1v) is 10.6. The first-order valence-electron chi connectivity index (χ1n) is 9.32. The number of carbonyl (C=O) groups is 1. The molecule has 0 bridgehead atoms. The zero-order valence-corrected chi connectivity index (χ0v) is 17.7. The number of amides is 1. The number of carbonyl (C=O) groups excluding carboxylic acids is 1. The smallest absolute Gasteiger partial charge is 0.277 e. The number of para-hydroxylation sites is 2. The fourth-order valence-electron chi connectivity index (χ4n) is 2.91. The third-order valence-corrected chi connectivity index (χ3v) is 5.55. The van der Waals surface area contributed by atoms with Gasteiger partial charge in [-0.25, -0.2) is 0 Å². The lowest BCUT2D eigenvalue weighted by Gasteiger charge is -2.25. The first kappa shape index (κ1) is 20.2. The second-order valence-corrected chi connectivity index (χ2v) is 8.21. The maximum Gasteiger partial charge on any atom is 0.277 e. The highest BCUT2D eigenvalue weighted by Crippen LogP contribution is 2.32. The molecule has 1 aromatic heterocycles. The van der Waals surface area contributed by atoms with Crippen LogP contribution in [-0.2, 0) is 4.79 Å². The van der Waals surface area contributed by atoms with Gasteiger partial charge in [0.05, 0.1) is 5.25 Å². The summed E-state index contributed by atoms with van der Waals surface area (Å²) in [5.41, 5.74) is 2.37. The van der Waals surface area contributed by atoms with Crippen LogP contribution < -0.4 is 4.90 Å². The van der Waals surface area contributed by atoms with Crippen molar-refractivity contribution in [3.8, 4) is 11.5 Å². The maximum absolute atomic E-state index is 13.4. The summed E-state index contributed by atoms with van der Waals surface area (Å²) in [4.78, 5) is 15.1. The number of anilines is 2. The topological polar surface area (TPSA) is 59.2 Å². The second kappa shape index (κ2) is 9.15. The molecule has 0 saturated heterocycles. The molecule has 0 aliphatic carbocycles. The van der Waals surface area contributed by atoms with Crippen molar-refractivity contribution >= 4 is 40.6 Å². The molecule has 1 atom stereocenters. The fourth-order valence-corrected chi connectivity index (χ4v) is 3.76. The van der Waals surface area contributed by atoms with E-state index in [1.54, 1.807) is 17.0 Å². The van der Waals surface area contributed by atoms with Crippen molar-refractivity contribution in [2.75, 3.05) is 4.90 Å². The van der Waals surface area contributed by atoms with Crippen molar-refractivity contribution in [1.82, 2.24) is 10.2 Å². The minimum absolute atomic E-state index is 0.0800. The third kappa shape index (κ3) is 4.56. The number of benzene rings is 3. The van der Waals surface area contributed by atoms with Crippen LogP contribution >= 0.6 is 23.4 Å². The van der Waals surface area contributed by atoms with E-state index in [0.29, 0.717) is 16.1 Å². The number of rotatable bonds is 6. The van der Waals surface area contributed by atoms with E-state index in [2.05, 4.69) is 10.2 Å². The predicted octanol–water partition coefficient (Wildman–Crippen LogP) is 6.24. The van der Waals surface area contributed by atoms with E-state index < -0.39 is 5.25 Å². The normalized spacial score (nSPS) is 11.8. The average molecular weight is 436 g/mol. The molecule has 0 aliphatic heterocycles. The Labute approximate surface area is 183 Å². The molecule has 30 heavy (non-hydrogen) atoms. The number of hydrogen-bond donors (Lipinski definition) is 0. The maximum atomic E-state index is 13.4. The molecule has 0 N–H and O–H groups in total. The molecule has 4 rings (SSSR count). The summed E-state index contributed by atoms with van der Waals surface area (Å²) >= 11 is 7.16. The van der Waals surface area contributed by atoms with Gasteiger partial charge >= 0.3 is 0 Å². The van der Waals surface area contributed by atoms with Gasteiger partial charge in [-0.05, 0) is 55.5 Å². The van der Waals surface area contributed by atoms with Crippen LogP contribution in [0.3, 0.4) is 0 Å². The summed E-state index contributed by atoms with van der Waals surface area (Å²) in [6.07, 6.45) is 0. The summed E-state index contributed by atoms with van der Waals surface area (Å²) in [5, 5.41) is 8.70. The lowest BCUT2D eigenvalue weighted by atomic mass is 10.2. The van der Waals surface area contributed by atoms with Crippen LogP contribution in [0.25, 0.3) is 11.5 Å². The Bertz CT molecular complexity index is 1080. The zero-order chi connectivity index (χ0) is 20.9. The zero-order valence-electron chi connectivity index (χ0n) is 16.1. The molecule has 0 radical (unpaired) electrons. The van der Waals surface area contributed by atoms with Crippen LogP contribution in [-0.4, -0.2) is 21.4 Å². The summed E-state index contributed by atoms with van der Waals surface area (Å²) in [6.45, 7) is 1.83. The first-order chi connectivity index (χ1) is 14.6. The Morgan fingerprint density at radius 1 is 0.900 bits per heavy atom. The van der Waals surface area contributed by atoms with Crippen molar-refractivity contribution in [2.24, 2.45) is 0 Å². The lowest BCUT2D eigenvalue weighted by molar-refractivity contribution is -0.117. The average Bonchev–Trinajstić information content (AvgIpc) is 3.24. The van der Waals surface area contributed by atoms with E-state index in [-0.39, 0.29) is 5.91 Å². The molecule has 0 fully saturated rings. The Morgan fingerprint density at radius 2 is 1.47 bits per heavy atom. The number of halogens is 1.